The average Bonchev–Trinajstić information content (AvgIpc) is 3.22. The summed E-state index contributed by atoms with van der Waals surface area (Å²) in [6.07, 6.45) is 0.580. The number of amides is 2. The fourth-order valence-electron chi connectivity index (χ4n) is 3.98. The minimum atomic E-state index is -0.750. The van der Waals surface area contributed by atoms with Crippen LogP contribution in [-0.2, 0) is 29.1 Å². The molecule has 2 amide bonds. The number of likely N-dealkylation sites (tertiary alicyclic amines) is 1. The lowest BCUT2D eigenvalue weighted by molar-refractivity contribution is -0.139. The zero-order valence-electron chi connectivity index (χ0n) is 18.4. The molecule has 3 rings (SSSR count). The maximum atomic E-state index is 12.9. The Hall–Kier alpha value is -2.94. The molecule has 0 bridgehead atoms. The van der Waals surface area contributed by atoms with E-state index in [2.05, 4.69) is 5.32 Å². The van der Waals surface area contributed by atoms with E-state index in [0.29, 0.717) is 25.1 Å². The van der Waals surface area contributed by atoms with Crippen LogP contribution in [-0.4, -0.2) is 53.7 Å². The van der Waals surface area contributed by atoms with Gasteiger partial charge in [-0.25, -0.2) is 0 Å². The van der Waals surface area contributed by atoms with E-state index in [4.69, 9.17) is 16.2 Å². The molecule has 8 heteroatoms. The van der Waals surface area contributed by atoms with E-state index in [9.17, 15) is 14.7 Å². The van der Waals surface area contributed by atoms with Crippen LogP contribution in [0, 0.1) is 0 Å². The van der Waals surface area contributed by atoms with Crippen LogP contribution >= 0.6 is 0 Å². The van der Waals surface area contributed by atoms with Crippen LogP contribution in [0.4, 0.5) is 0 Å². The number of carbonyl (C=O) groups excluding carboxylic acids is 2. The second kappa shape index (κ2) is 11.1. The summed E-state index contributed by atoms with van der Waals surface area (Å²) in [4.78, 5) is 27.2. The average molecular weight is 441 g/mol. The van der Waals surface area contributed by atoms with Gasteiger partial charge >= 0.3 is 0 Å². The predicted molar refractivity (Wildman–Crippen MR) is 122 cm³/mol. The number of ether oxygens (including phenoxy) is 1. The Morgan fingerprint density at radius 1 is 1.22 bits per heavy atom. The summed E-state index contributed by atoms with van der Waals surface area (Å²) < 4.78 is 5.33. The molecule has 6 N–H and O–H groups in total. The highest BCUT2D eigenvalue weighted by Crippen LogP contribution is 2.22. The molecule has 1 aliphatic heterocycles. The van der Waals surface area contributed by atoms with Gasteiger partial charge in [0.05, 0.1) is 19.3 Å². The number of benzene rings is 2. The highest BCUT2D eigenvalue weighted by Gasteiger charge is 2.40. The van der Waals surface area contributed by atoms with E-state index in [-0.39, 0.29) is 31.3 Å². The number of carbonyl (C=O) groups is 2. The molecule has 0 aromatic heterocycles. The highest BCUT2D eigenvalue weighted by molar-refractivity contribution is 5.90. The van der Waals surface area contributed by atoms with Crippen molar-refractivity contribution in [2.24, 2.45) is 11.5 Å². The van der Waals surface area contributed by atoms with Crippen molar-refractivity contribution in [2.45, 2.75) is 50.5 Å². The molecule has 0 aliphatic carbocycles. The third kappa shape index (κ3) is 5.85. The van der Waals surface area contributed by atoms with Crippen LogP contribution in [0.3, 0.4) is 0 Å². The third-order valence-electron chi connectivity index (χ3n) is 5.81. The van der Waals surface area contributed by atoms with E-state index >= 15 is 0 Å². The zero-order valence-corrected chi connectivity index (χ0v) is 18.4. The largest absolute Gasteiger partial charge is 0.496 e. The predicted octanol–water partition coefficient (Wildman–Crippen LogP) is 0.692. The van der Waals surface area contributed by atoms with Gasteiger partial charge in [-0.1, -0.05) is 42.5 Å². The fraction of sp³-hybridized carbons (Fsp3) is 0.417. The van der Waals surface area contributed by atoms with Crippen LogP contribution in [0.1, 0.15) is 29.5 Å². The molecule has 1 fully saturated rings. The van der Waals surface area contributed by atoms with Gasteiger partial charge in [-0.05, 0) is 30.0 Å². The van der Waals surface area contributed by atoms with Gasteiger partial charge in [-0.3, -0.25) is 9.59 Å². The molecular formula is C24H32N4O4. The molecule has 2 aromatic rings. The maximum Gasteiger partial charge on any atom is 0.243 e. The Kier molecular flexibility index (Phi) is 8.21. The topological polar surface area (TPSA) is 131 Å². The van der Waals surface area contributed by atoms with Gasteiger partial charge < -0.3 is 31.5 Å². The van der Waals surface area contributed by atoms with Gasteiger partial charge in [0.25, 0.3) is 0 Å². The Morgan fingerprint density at radius 2 is 1.97 bits per heavy atom. The lowest BCUT2D eigenvalue weighted by Crippen LogP contribution is -2.51. The lowest BCUT2D eigenvalue weighted by Gasteiger charge is -2.26. The number of hydrogen-bond donors (Lipinski definition) is 4. The molecule has 32 heavy (non-hydrogen) atoms. The minimum absolute atomic E-state index is 0.106. The Morgan fingerprint density at radius 3 is 2.66 bits per heavy atom. The van der Waals surface area contributed by atoms with Crippen LogP contribution in [0.15, 0.2) is 48.5 Å². The Balaban J connectivity index is 1.59. The number of nitrogens with zero attached hydrogens (tertiary/aromatic N) is 1. The van der Waals surface area contributed by atoms with Crippen LogP contribution < -0.4 is 21.5 Å². The number of aryl methyl sites for hydroxylation is 1. The molecule has 1 aliphatic rings. The van der Waals surface area contributed by atoms with Gasteiger partial charge in [0.15, 0.2) is 0 Å². The smallest absolute Gasteiger partial charge is 0.243 e. The first-order valence-electron chi connectivity index (χ1n) is 10.8. The number of aliphatic hydroxyl groups is 1. The molecule has 2 aromatic carbocycles. The lowest BCUT2D eigenvalue weighted by atomic mass is 10.0. The monoisotopic (exact) mass is 440 g/mol. The Labute approximate surface area is 188 Å². The molecule has 0 unspecified atom stereocenters. The van der Waals surface area contributed by atoms with Crippen molar-refractivity contribution in [2.75, 3.05) is 13.7 Å². The quantitative estimate of drug-likeness (QED) is 0.454. The summed E-state index contributed by atoms with van der Waals surface area (Å²) in [7, 11) is 1.57. The van der Waals surface area contributed by atoms with Crippen molar-refractivity contribution in [3.8, 4) is 5.75 Å². The number of nitrogens with two attached hydrogens (primary N) is 2. The summed E-state index contributed by atoms with van der Waals surface area (Å²) >= 11 is 0. The number of rotatable bonds is 9. The number of nitrogens with one attached hydrogen (secondary N) is 1. The van der Waals surface area contributed by atoms with E-state index in [0.717, 1.165) is 16.7 Å². The number of β-amino-alcohol motifs (C(OH)–C–C–N with tert-alkyl or cyclic N) is 1. The first kappa shape index (κ1) is 23.7. The van der Waals surface area contributed by atoms with Gasteiger partial charge in [-0.2, -0.15) is 0 Å². The molecule has 0 saturated carbocycles. The first-order chi connectivity index (χ1) is 15.4. The maximum absolute atomic E-state index is 12.9. The molecular weight excluding hydrogens is 408 g/mol. The van der Waals surface area contributed by atoms with Crippen LogP contribution in [0.2, 0.25) is 0 Å². The SMILES string of the molecule is COc1cc(CNC(=O)[C@@H]2C[C@H](O)CN2C(=O)[C@H](N)CCc2ccccc2)ccc1CN. The molecule has 0 spiro atoms. The van der Waals surface area contributed by atoms with E-state index < -0.39 is 18.2 Å². The summed E-state index contributed by atoms with van der Waals surface area (Å²) in [6, 6.07) is 13.9. The first-order valence-corrected chi connectivity index (χ1v) is 10.8. The van der Waals surface area contributed by atoms with Gasteiger partial charge in [-0.15, -0.1) is 0 Å². The zero-order chi connectivity index (χ0) is 23.1. The summed E-state index contributed by atoms with van der Waals surface area (Å²) in [5.41, 5.74) is 14.7. The van der Waals surface area contributed by atoms with Crippen LogP contribution in [0.5, 0.6) is 5.75 Å². The molecule has 0 radical (unpaired) electrons. The van der Waals surface area contributed by atoms with Gasteiger partial charge in [0.2, 0.25) is 11.8 Å². The van der Waals surface area contributed by atoms with Crippen molar-refractivity contribution in [3.05, 3.63) is 65.2 Å². The second-order valence-electron chi connectivity index (χ2n) is 8.09. The van der Waals surface area contributed by atoms with Crippen molar-refractivity contribution in [1.29, 1.82) is 0 Å². The minimum Gasteiger partial charge on any atom is -0.496 e. The summed E-state index contributed by atoms with van der Waals surface area (Å²) in [5.74, 6) is 0.0374. The molecule has 8 nitrogen and oxygen atoms in total. The van der Waals surface area contributed by atoms with Gasteiger partial charge in [0, 0.05) is 31.6 Å². The van der Waals surface area contributed by atoms with Crippen molar-refractivity contribution >= 4 is 11.8 Å². The Bertz CT molecular complexity index is 921. The molecule has 1 heterocycles. The van der Waals surface area contributed by atoms with Crippen LogP contribution in [0.25, 0.3) is 0 Å². The molecule has 3 atom stereocenters. The van der Waals surface area contributed by atoms with Crippen molar-refractivity contribution in [1.82, 2.24) is 10.2 Å². The van der Waals surface area contributed by atoms with Crippen molar-refractivity contribution < 1.29 is 19.4 Å². The fourth-order valence-corrected chi connectivity index (χ4v) is 3.98. The second-order valence-corrected chi connectivity index (χ2v) is 8.09. The molecule has 172 valence electrons. The highest BCUT2D eigenvalue weighted by atomic mass is 16.5. The van der Waals surface area contributed by atoms with Gasteiger partial charge in [0.1, 0.15) is 11.8 Å². The van der Waals surface area contributed by atoms with E-state index in [1.165, 1.54) is 4.90 Å². The number of hydrogen-bond acceptors (Lipinski definition) is 6. The van der Waals surface area contributed by atoms with Crippen molar-refractivity contribution in [3.63, 3.8) is 0 Å². The van der Waals surface area contributed by atoms with E-state index in [1.54, 1.807) is 7.11 Å². The summed E-state index contributed by atoms with van der Waals surface area (Å²) in [5, 5.41) is 13.0. The normalized spacial score (nSPS) is 18.9. The van der Waals surface area contributed by atoms with E-state index in [1.807, 2.05) is 48.5 Å². The molecule has 1 saturated heterocycles. The summed E-state index contributed by atoms with van der Waals surface area (Å²) in [6.45, 7) is 0.737. The number of aliphatic hydroxyl groups excluding tert-OH is 1. The number of methoxy groups -OCH3 is 1. The standard InChI is InChI=1S/C24H32N4O4/c1-32-22-11-17(7-9-18(22)13-25)14-27-23(30)21-12-19(29)15-28(21)24(31)20(26)10-8-16-5-3-2-4-6-16/h2-7,9,11,19-21,29H,8,10,12-15,25-26H2,1H3,(H,27,30)/t19-,20+,21-/m0/s1. The third-order valence-corrected chi connectivity index (χ3v) is 5.81.